The van der Waals surface area contributed by atoms with Gasteiger partial charge in [-0.25, -0.2) is 0 Å². The Morgan fingerprint density at radius 3 is 2.38 bits per heavy atom. The highest BCUT2D eigenvalue weighted by Gasteiger charge is 2.11. The zero-order valence-corrected chi connectivity index (χ0v) is 13.0. The van der Waals surface area contributed by atoms with Gasteiger partial charge in [-0.1, -0.05) is 0 Å². The molecule has 118 valence electrons. The van der Waals surface area contributed by atoms with E-state index in [1.165, 1.54) is 0 Å². The predicted molar refractivity (Wildman–Crippen MR) is 84.4 cm³/mol. The van der Waals surface area contributed by atoms with Crippen molar-refractivity contribution in [1.82, 2.24) is 4.90 Å². The van der Waals surface area contributed by atoms with Crippen LogP contribution >= 0.6 is 0 Å². The van der Waals surface area contributed by atoms with Gasteiger partial charge >= 0.3 is 0 Å². The number of benzene rings is 1. The summed E-state index contributed by atoms with van der Waals surface area (Å²) in [5.74, 6) is -0.0601. The number of aryl methyl sites for hydroxylation is 1. The Morgan fingerprint density at radius 2 is 1.86 bits per heavy atom. The number of rotatable bonds is 9. The SMILES string of the molecule is COCCN(CCOC)CC(=O)Nc1ccc(N)cc1C. The van der Waals surface area contributed by atoms with Crippen LogP contribution in [-0.2, 0) is 14.3 Å². The Labute approximate surface area is 126 Å². The second kappa shape index (κ2) is 9.33. The van der Waals surface area contributed by atoms with Gasteiger partial charge in [0.05, 0.1) is 19.8 Å². The van der Waals surface area contributed by atoms with Gasteiger partial charge in [0.2, 0.25) is 5.91 Å². The van der Waals surface area contributed by atoms with Gasteiger partial charge in [0.15, 0.2) is 0 Å². The molecule has 6 nitrogen and oxygen atoms in total. The van der Waals surface area contributed by atoms with Crippen molar-refractivity contribution in [2.45, 2.75) is 6.92 Å². The minimum Gasteiger partial charge on any atom is -0.399 e. The first-order valence-corrected chi connectivity index (χ1v) is 6.93. The minimum atomic E-state index is -0.0601. The predicted octanol–water partition coefficient (Wildman–Crippen LogP) is 1.11. The number of amides is 1. The number of nitrogens with two attached hydrogens (primary N) is 1. The van der Waals surface area contributed by atoms with Crippen LogP contribution in [0.15, 0.2) is 18.2 Å². The van der Waals surface area contributed by atoms with Crippen LogP contribution in [0.3, 0.4) is 0 Å². The van der Waals surface area contributed by atoms with E-state index in [9.17, 15) is 4.79 Å². The van der Waals surface area contributed by atoms with Crippen LogP contribution in [0.4, 0.5) is 11.4 Å². The van der Waals surface area contributed by atoms with Crippen molar-refractivity contribution in [3.63, 3.8) is 0 Å². The molecular formula is C15H25N3O3. The third-order valence-corrected chi connectivity index (χ3v) is 3.12. The summed E-state index contributed by atoms with van der Waals surface area (Å²) in [6.07, 6.45) is 0. The van der Waals surface area contributed by atoms with E-state index in [1.807, 2.05) is 24.0 Å². The van der Waals surface area contributed by atoms with Gasteiger partial charge < -0.3 is 20.5 Å². The molecule has 3 N–H and O–H groups in total. The molecular weight excluding hydrogens is 270 g/mol. The average Bonchev–Trinajstić information content (AvgIpc) is 2.45. The van der Waals surface area contributed by atoms with Crippen LogP contribution in [0.2, 0.25) is 0 Å². The van der Waals surface area contributed by atoms with Crippen LogP contribution in [0.1, 0.15) is 5.56 Å². The van der Waals surface area contributed by atoms with E-state index in [4.69, 9.17) is 15.2 Å². The summed E-state index contributed by atoms with van der Waals surface area (Å²) in [4.78, 5) is 14.1. The number of ether oxygens (including phenoxy) is 2. The summed E-state index contributed by atoms with van der Waals surface area (Å²) < 4.78 is 10.1. The number of hydrogen-bond acceptors (Lipinski definition) is 5. The molecule has 0 aromatic heterocycles. The lowest BCUT2D eigenvalue weighted by Gasteiger charge is -2.21. The van der Waals surface area contributed by atoms with Crippen molar-refractivity contribution in [1.29, 1.82) is 0 Å². The molecule has 0 fully saturated rings. The molecule has 6 heteroatoms. The number of nitrogen functional groups attached to an aromatic ring is 1. The first-order valence-electron chi connectivity index (χ1n) is 6.93. The van der Waals surface area contributed by atoms with E-state index in [0.29, 0.717) is 38.5 Å². The van der Waals surface area contributed by atoms with E-state index in [0.717, 1.165) is 11.3 Å². The zero-order valence-electron chi connectivity index (χ0n) is 13.0. The van der Waals surface area contributed by atoms with Gasteiger partial charge in [-0.3, -0.25) is 9.69 Å². The molecule has 0 aliphatic rings. The second-order valence-corrected chi connectivity index (χ2v) is 4.88. The van der Waals surface area contributed by atoms with E-state index in [1.54, 1.807) is 20.3 Å². The molecule has 0 aliphatic heterocycles. The maximum absolute atomic E-state index is 12.1. The van der Waals surface area contributed by atoms with Crippen LogP contribution in [0.5, 0.6) is 0 Å². The number of anilines is 2. The third-order valence-electron chi connectivity index (χ3n) is 3.12. The maximum atomic E-state index is 12.1. The molecule has 1 aromatic carbocycles. The smallest absolute Gasteiger partial charge is 0.238 e. The monoisotopic (exact) mass is 295 g/mol. The fourth-order valence-corrected chi connectivity index (χ4v) is 1.93. The zero-order chi connectivity index (χ0) is 15.7. The van der Waals surface area contributed by atoms with Crippen molar-refractivity contribution in [3.05, 3.63) is 23.8 Å². The fraction of sp³-hybridized carbons (Fsp3) is 0.533. The lowest BCUT2D eigenvalue weighted by atomic mass is 10.2. The van der Waals surface area contributed by atoms with Crippen LogP contribution in [0.25, 0.3) is 0 Å². The number of hydrogen-bond donors (Lipinski definition) is 2. The molecule has 1 aromatic rings. The van der Waals surface area contributed by atoms with Crippen molar-refractivity contribution in [3.8, 4) is 0 Å². The van der Waals surface area contributed by atoms with Crippen molar-refractivity contribution in [2.75, 3.05) is 58.1 Å². The topological polar surface area (TPSA) is 76.8 Å². The molecule has 0 atom stereocenters. The first-order chi connectivity index (χ1) is 10.1. The number of carbonyl (C=O) groups is 1. The van der Waals surface area contributed by atoms with Crippen LogP contribution < -0.4 is 11.1 Å². The number of nitrogens with zero attached hydrogens (tertiary/aromatic N) is 1. The van der Waals surface area contributed by atoms with E-state index in [2.05, 4.69) is 5.32 Å². The molecule has 0 saturated heterocycles. The molecule has 1 rings (SSSR count). The summed E-state index contributed by atoms with van der Waals surface area (Å²) >= 11 is 0. The van der Waals surface area contributed by atoms with E-state index < -0.39 is 0 Å². The Balaban J connectivity index is 2.55. The Kier molecular flexibility index (Phi) is 7.74. The molecule has 0 spiro atoms. The summed E-state index contributed by atoms with van der Waals surface area (Å²) in [6.45, 7) is 4.76. The summed E-state index contributed by atoms with van der Waals surface area (Å²) in [5, 5.41) is 2.90. The van der Waals surface area contributed by atoms with Gasteiger partial charge in [0.25, 0.3) is 0 Å². The summed E-state index contributed by atoms with van der Waals surface area (Å²) in [5.41, 5.74) is 8.12. The number of carbonyl (C=O) groups excluding carboxylic acids is 1. The molecule has 0 saturated carbocycles. The molecule has 0 heterocycles. The lowest BCUT2D eigenvalue weighted by Crippen LogP contribution is -2.37. The Morgan fingerprint density at radius 1 is 1.24 bits per heavy atom. The van der Waals surface area contributed by atoms with Gasteiger partial charge in [-0.15, -0.1) is 0 Å². The molecule has 0 bridgehead atoms. The van der Waals surface area contributed by atoms with Crippen molar-refractivity contribution in [2.24, 2.45) is 0 Å². The molecule has 0 unspecified atom stereocenters. The second-order valence-electron chi connectivity index (χ2n) is 4.88. The Hall–Kier alpha value is -1.63. The molecule has 1 amide bonds. The highest BCUT2D eigenvalue weighted by atomic mass is 16.5. The molecule has 21 heavy (non-hydrogen) atoms. The largest absolute Gasteiger partial charge is 0.399 e. The Bertz CT molecular complexity index is 444. The quantitative estimate of drug-likeness (QED) is 0.667. The van der Waals surface area contributed by atoms with Gasteiger partial charge in [0.1, 0.15) is 0 Å². The highest BCUT2D eigenvalue weighted by molar-refractivity contribution is 5.93. The van der Waals surface area contributed by atoms with E-state index >= 15 is 0 Å². The standard InChI is InChI=1S/C15H25N3O3/c1-12-10-13(16)4-5-14(12)17-15(19)11-18(6-8-20-2)7-9-21-3/h4-5,10H,6-9,11,16H2,1-3H3,(H,17,19). The highest BCUT2D eigenvalue weighted by Crippen LogP contribution is 2.17. The fourth-order valence-electron chi connectivity index (χ4n) is 1.93. The van der Waals surface area contributed by atoms with Crippen molar-refractivity contribution >= 4 is 17.3 Å². The van der Waals surface area contributed by atoms with Crippen molar-refractivity contribution < 1.29 is 14.3 Å². The average molecular weight is 295 g/mol. The lowest BCUT2D eigenvalue weighted by molar-refractivity contribution is -0.117. The summed E-state index contributed by atoms with van der Waals surface area (Å²) in [7, 11) is 3.29. The van der Waals surface area contributed by atoms with Gasteiger partial charge in [-0.05, 0) is 30.7 Å². The van der Waals surface area contributed by atoms with E-state index in [-0.39, 0.29) is 5.91 Å². The van der Waals surface area contributed by atoms with Gasteiger partial charge in [0, 0.05) is 38.7 Å². The van der Waals surface area contributed by atoms with Crippen LogP contribution in [-0.4, -0.2) is 57.9 Å². The normalized spacial score (nSPS) is 10.9. The summed E-state index contributed by atoms with van der Waals surface area (Å²) in [6, 6.07) is 5.43. The third kappa shape index (κ3) is 6.57. The molecule has 0 aliphatic carbocycles. The first kappa shape index (κ1) is 17.4. The van der Waals surface area contributed by atoms with Crippen LogP contribution in [0, 0.1) is 6.92 Å². The number of methoxy groups -OCH3 is 2. The maximum Gasteiger partial charge on any atom is 0.238 e. The van der Waals surface area contributed by atoms with Gasteiger partial charge in [-0.2, -0.15) is 0 Å². The number of nitrogens with one attached hydrogen (secondary N) is 1. The molecule has 0 radical (unpaired) electrons. The minimum absolute atomic E-state index is 0.0601.